The van der Waals surface area contributed by atoms with E-state index in [1.165, 1.54) is 16.7 Å². The zero-order valence-corrected chi connectivity index (χ0v) is 13.0. The molecule has 0 spiro atoms. The summed E-state index contributed by atoms with van der Waals surface area (Å²) in [5.41, 5.74) is 4.29. The maximum atomic E-state index is 5.73. The molecule has 0 aliphatic carbocycles. The molecule has 0 heterocycles. The van der Waals surface area contributed by atoms with Crippen molar-refractivity contribution < 1.29 is 4.74 Å². The molecule has 18 heavy (non-hydrogen) atoms. The second-order valence-corrected chi connectivity index (χ2v) is 6.73. The summed E-state index contributed by atoms with van der Waals surface area (Å²) in [4.78, 5) is 0. The van der Waals surface area contributed by atoms with Gasteiger partial charge in [-0.25, -0.2) is 0 Å². The van der Waals surface area contributed by atoms with Crippen LogP contribution in [0.25, 0.3) is 0 Å². The average Bonchev–Trinajstić information content (AvgIpc) is 2.24. The van der Waals surface area contributed by atoms with Gasteiger partial charge in [0.2, 0.25) is 0 Å². The molecule has 0 amide bonds. The lowest BCUT2D eigenvalue weighted by atomic mass is 9.83. The Labute approximate surface area is 113 Å². The van der Waals surface area contributed by atoms with Gasteiger partial charge >= 0.3 is 0 Å². The summed E-state index contributed by atoms with van der Waals surface area (Å²) in [5.74, 6) is 0.560. The number of ether oxygens (including phenoxy) is 1. The maximum Gasteiger partial charge on any atom is 0.0720 e. The van der Waals surface area contributed by atoms with Crippen molar-refractivity contribution in [3.05, 3.63) is 34.9 Å². The van der Waals surface area contributed by atoms with Crippen LogP contribution in [0.1, 0.15) is 71.1 Å². The molecule has 1 heteroatoms. The van der Waals surface area contributed by atoms with E-state index in [1.54, 1.807) is 0 Å². The van der Waals surface area contributed by atoms with Gasteiger partial charge in [-0.3, -0.25) is 0 Å². The molecule has 0 unspecified atom stereocenters. The third-order valence-electron chi connectivity index (χ3n) is 3.13. The van der Waals surface area contributed by atoms with E-state index in [2.05, 4.69) is 66.7 Å². The zero-order valence-electron chi connectivity index (χ0n) is 13.0. The summed E-state index contributed by atoms with van der Waals surface area (Å²) >= 11 is 0. The molecule has 0 fully saturated rings. The monoisotopic (exact) mass is 248 g/mol. The molecule has 0 saturated heterocycles. The van der Waals surface area contributed by atoms with Gasteiger partial charge in [-0.2, -0.15) is 0 Å². The van der Waals surface area contributed by atoms with Gasteiger partial charge in [0.25, 0.3) is 0 Å². The molecule has 1 rings (SSSR count). The summed E-state index contributed by atoms with van der Waals surface area (Å²) in [7, 11) is 0. The Morgan fingerprint density at radius 1 is 1.00 bits per heavy atom. The van der Waals surface area contributed by atoms with Crippen LogP contribution in [-0.2, 0) is 16.8 Å². The molecular weight excluding hydrogens is 220 g/mol. The van der Waals surface area contributed by atoms with Gasteiger partial charge in [-0.15, -0.1) is 0 Å². The summed E-state index contributed by atoms with van der Waals surface area (Å²) in [5, 5.41) is 0. The highest BCUT2D eigenvalue weighted by molar-refractivity contribution is 5.35. The number of hydrogen-bond donors (Lipinski definition) is 0. The van der Waals surface area contributed by atoms with Crippen molar-refractivity contribution in [2.45, 2.75) is 72.5 Å². The molecule has 0 saturated carbocycles. The van der Waals surface area contributed by atoms with Crippen LogP contribution in [0.3, 0.4) is 0 Å². The van der Waals surface area contributed by atoms with Crippen molar-refractivity contribution in [3.63, 3.8) is 0 Å². The van der Waals surface area contributed by atoms with Crippen molar-refractivity contribution in [1.82, 2.24) is 0 Å². The van der Waals surface area contributed by atoms with Crippen molar-refractivity contribution in [2.24, 2.45) is 0 Å². The Morgan fingerprint density at radius 2 is 1.61 bits per heavy atom. The molecule has 0 aliphatic rings. The van der Waals surface area contributed by atoms with Crippen molar-refractivity contribution >= 4 is 0 Å². The van der Waals surface area contributed by atoms with Crippen LogP contribution >= 0.6 is 0 Å². The highest BCUT2D eigenvalue weighted by atomic mass is 16.5. The molecule has 102 valence electrons. The minimum atomic E-state index is 0.192. The van der Waals surface area contributed by atoms with E-state index >= 15 is 0 Å². The quantitative estimate of drug-likeness (QED) is 0.726. The Hall–Kier alpha value is -0.820. The van der Waals surface area contributed by atoms with E-state index in [-0.39, 0.29) is 11.5 Å². The van der Waals surface area contributed by atoms with Gasteiger partial charge in [0, 0.05) is 0 Å². The lowest BCUT2D eigenvalue weighted by molar-refractivity contribution is 0.0656. The van der Waals surface area contributed by atoms with Gasteiger partial charge in [0.1, 0.15) is 0 Å². The molecule has 0 bridgehead atoms. The standard InChI is InChI=1S/C17H28O/c1-12(2)15-8-14(11-18-13(3)4)9-16(10-15)17(5,6)7/h8-10,12-13H,11H2,1-7H3. The third-order valence-corrected chi connectivity index (χ3v) is 3.13. The van der Waals surface area contributed by atoms with Crippen LogP contribution in [-0.4, -0.2) is 6.10 Å². The number of rotatable bonds is 4. The fourth-order valence-corrected chi connectivity index (χ4v) is 1.83. The van der Waals surface area contributed by atoms with Crippen LogP contribution in [0.5, 0.6) is 0 Å². The predicted molar refractivity (Wildman–Crippen MR) is 79.2 cm³/mol. The fraction of sp³-hybridized carbons (Fsp3) is 0.647. The average molecular weight is 248 g/mol. The van der Waals surface area contributed by atoms with Crippen LogP contribution in [0.15, 0.2) is 18.2 Å². The lowest BCUT2D eigenvalue weighted by Crippen LogP contribution is -2.13. The Kier molecular flexibility index (Phi) is 4.98. The van der Waals surface area contributed by atoms with E-state index in [0.29, 0.717) is 12.5 Å². The van der Waals surface area contributed by atoms with Crippen molar-refractivity contribution in [2.75, 3.05) is 0 Å². The van der Waals surface area contributed by atoms with Crippen LogP contribution in [0, 0.1) is 0 Å². The SMILES string of the molecule is CC(C)OCc1cc(C(C)C)cc(C(C)(C)C)c1. The first-order chi connectivity index (χ1) is 8.20. The lowest BCUT2D eigenvalue weighted by Gasteiger charge is -2.22. The van der Waals surface area contributed by atoms with Crippen molar-refractivity contribution in [3.8, 4) is 0 Å². The highest BCUT2D eigenvalue weighted by Crippen LogP contribution is 2.27. The van der Waals surface area contributed by atoms with E-state index in [9.17, 15) is 0 Å². The summed E-state index contributed by atoms with van der Waals surface area (Å²) in [6.07, 6.45) is 0.283. The smallest absolute Gasteiger partial charge is 0.0720 e. The largest absolute Gasteiger partial charge is 0.374 e. The molecule has 0 aromatic heterocycles. The summed E-state index contributed by atoms with van der Waals surface area (Å²) in [6.45, 7) is 16.2. The summed E-state index contributed by atoms with van der Waals surface area (Å²) < 4.78 is 5.73. The minimum Gasteiger partial charge on any atom is -0.374 e. The Bertz CT molecular complexity index is 383. The number of benzene rings is 1. The van der Waals surface area contributed by atoms with E-state index in [0.717, 1.165) is 0 Å². The molecule has 1 nitrogen and oxygen atoms in total. The fourth-order valence-electron chi connectivity index (χ4n) is 1.83. The number of hydrogen-bond acceptors (Lipinski definition) is 1. The first-order valence-electron chi connectivity index (χ1n) is 6.96. The zero-order chi connectivity index (χ0) is 13.9. The van der Waals surface area contributed by atoms with Gasteiger partial charge in [0.05, 0.1) is 12.7 Å². The summed E-state index contributed by atoms with van der Waals surface area (Å²) in [6, 6.07) is 6.90. The second-order valence-electron chi connectivity index (χ2n) is 6.73. The van der Waals surface area contributed by atoms with Crippen LogP contribution in [0.2, 0.25) is 0 Å². The third kappa shape index (κ3) is 4.45. The highest BCUT2D eigenvalue weighted by Gasteiger charge is 2.16. The second kappa shape index (κ2) is 5.88. The van der Waals surface area contributed by atoms with Gasteiger partial charge in [-0.05, 0) is 41.9 Å². The van der Waals surface area contributed by atoms with Gasteiger partial charge in [-0.1, -0.05) is 52.8 Å². The Balaban J connectivity index is 3.06. The molecular formula is C17H28O. The molecule has 0 atom stereocenters. The molecule has 1 aromatic rings. The van der Waals surface area contributed by atoms with E-state index in [4.69, 9.17) is 4.74 Å². The van der Waals surface area contributed by atoms with Gasteiger partial charge < -0.3 is 4.74 Å². The van der Waals surface area contributed by atoms with Crippen LogP contribution < -0.4 is 0 Å². The van der Waals surface area contributed by atoms with Crippen LogP contribution in [0.4, 0.5) is 0 Å². The molecule has 1 aromatic carbocycles. The topological polar surface area (TPSA) is 9.23 Å². The predicted octanol–water partition coefficient (Wildman–Crippen LogP) is 5.03. The molecule has 0 radical (unpaired) electrons. The van der Waals surface area contributed by atoms with E-state index in [1.807, 2.05) is 0 Å². The Morgan fingerprint density at radius 3 is 2.06 bits per heavy atom. The minimum absolute atomic E-state index is 0.192. The first-order valence-corrected chi connectivity index (χ1v) is 6.96. The normalized spacial score (nSPS) is 12.5. The first kappa shape index (κ1) is 15.2. The molecule has 0 aliphatic heterocycles. The van der Waals surface area contributed by atoms with Crippen molar-refractivity contribution in [1.29, 1.82) is 0 Å². The van der Waals surface area contributed by atoms with E-state index < -0.39 is 0 Å². The maximum absolute atomic E-state index is 5.73. The van der Waals surface area contributed by atoms with Gasteiger partial charge in [0.15, 0.2) is 0 Å². The molecule has 0 N–H and O–H groups in total.